The van der Waals surface area contributed by atoms with E-state index in [-0.39, 0.29) is 18.4 Å². The third kappa shape index (κ3) is 1.84. The van der Waals surface area contributed by atoms with Crippen molar-refractivity contribution >= 4 is 0 Å². The van der Waals surface area contributed by atoms with Crippen LogP contribution < -0.4 is 14.8 Å². The molecular weight excluding hydrogens is 228 g/mol. The Morgan fingerprint density at radius 2 is 2.00 bits per heavy atom. The van der Waals surface area contributed by atoms with Crippen molar-refractivity contribution in [2.45, 2.75) is 25.3 Å². The molecule has 5 heteroatoms. The number of rotatable bonds is 2. The van der Waals surface area contributed by atoms with E-state index in [1.807, 2.05) is 0 Å². The molecule has 3 nitrogen and oxygen atoms in total. The fraction of sp³-hybridized carbons (Fsp3) is 0.500. The van der Waals surface area contributed by atoms with Gasteiger partial charge in [-0.25, -0.2) is 8.78 Å². The Kier molecular flexibility index (Phi) is 2.63. The van der Waals surface area contributed by atoms with Gasteiger partial charge in [-0.3, -0.25) is 0 Å². The Balaban J connectivity index is 2.04. The van der Waals surface area contributed by atoms with Crippen molar-refractivity contribution in [3.63, 3.8) is 0 Å². The van der Waals surface area contributed by atoms with Crippen molar-refractivity contribution in [2.75, 3.05) is 13.3 Å². The van der Waals surface area contributed by atoms with Crippen LogP contribution in [0.15, 0.2) is 12.1 Å². The van der Waals surface area contributed by atoms with Crippen LogP contribution in [-0.2, 0) is 0 Å². The van der Waals surface area contributed by atoms with E-state index in [0.717, 1.165) is 19.4 Å². The molecule has 92 valence electrons. The first-order valence-electron chi connectivity index (χ1n) is 5.70. The molecule has 1 unspecified atom stereocenters. The largest absolute Gasteiger partial charge is 0.454 e. The summed E-state index contributed by atoms with van der Waals surface area (Å²) < 4.78 is 36.4. The molecule has 0 spiro atoms. The number of alkyl halides is 2. The minimum absolute atomic E-state index is 0.00787. The summed E-state index contributed by atoms with van der Waals surface area (Å²) in [7, 11) is 0. The van der Waals surface area contributed by atoms with Gasteiger partial charge in [-0.2, -0.15) is 0 Å². The summed E-state index contributed by atoms with van der Waals surface area (Å²) in [4.78, 5) is 0. The quantitative estimate of drug-likeness (QED) is 0.863. The molecule has 1 atom stereocenters. The zero-order valence-electron chi connectivity index (χ0n) is 9.21. The van der Waals surface area contributed by atoms with E-state index in [1.165, 1.54) is 6.07 Å². The maximum absolute atomic E-state index is 13.0. The summed E-state index contributed by atoms with van der Waals surface area (Å²) in [6.07, 6.45) is -0.580. The van der Waals surface area contributed by atoms with Gasteiger partial charge in [0.05, 0.1) is 0 Å². The Morgan fingerprint density at radius 1 is 1.24 bits per heavy atom. The van der Waals surface area contributed by atoms with Gasteiger partial charge in [0, 0.05) is 11.6 Å². The van der Waals surface area contributed by atoms with Crippen LogP contribution in [0.5, 0.6) is 11.5 Å². The average Bonchev–Trinajstić information content (AvgIpc) is 2.98. The SMILES string of the molecule is FC(F)c1cc2c(cc1C1CCCN1)OCO2. The van der Waals surface area contributed by atoms with E-state index in [1.54, 1.807) is 6.07 Å². The fourth-order valence-electron chi connectivity index (χ4n) is 2.41. The van der Waals surface area contributed by atoms with Gasteiger partial charge in [-0.1, -0.05) is 0 Å². The molecule has 17 heavy (non-hydrogen) atoms. The lowest BCUT2D eigenvalue weighted by molar-refractivity contribution is 0.148. The molecule has 0 aromatic heterocycles. The van der Waals surface area contributed by atoms with Crippen LogP contribution in [-0.4, -0.2) is 13.3 Å². The number of hydrogen-bond donors (Lipinski definition) is 1. The van der Waals surface area contributed by atoms with Gasteiger partial charge in [-0.05, 0) is 37.1 Å². The molecule has 1 aromatic carbocycles. The topological polar surface area (TPSA) is 30.5 Å². The molecule has 1 N–H and O–H groups in total. The Labute approximate surface area is 97.7 Å². The lowest BCUT2D eigenvalue weighted by Gasteiger charge is -2.16. The third-order valence-corrected chi connectivity index (χ3v) is 3.25. The minimum atomic E-state index is -2.48. The predicted octanol–water partition coefficient (Wildman–Crippen LogP) is 2.78. The monoisotopic (exact) mass is 241 g/mol. The average molecular weight is 241 g/mol. The van der Waals surface area contributed by atoms with Crippen molar-refractivity contribution in [3.05, 3.63) is 23.3 Å². The maximum atomic E-state index is 13.0. The van der Waals surface area contributed by atoms with Crippen molar-refractivity contribution in [3.8, 4) is 11.5 Å². The number of hydrogen-bond acceptors (Lipinski definition) is 3. The zero-order chi connectivity index (χ0) is 11.8. The predicted molar refractivity (Wildman–Crippen MR) is 57.5 cm³/mol. The first kappa shape index (κ1) is 10.8. The minimum Gasteiger partial charge on any atom is -0.454 e. The molecule has 1 aromatic rings. The normalized spacial score (nSPS) is 22.4. The zero-order valence-corrected chi connectivity index (χ0v) is 9.21. The number of ether oxygens (including phenoxy) is 2. The van der Waals surface area contributed by atoms with E-state index < -0.39 is 6.43 Å². The highest BCUT2D eigenvalue weighted by atomic mass is 19.3. The van der Waals surface area contributed by atoms with E-state index in [9.17, 15) is 8.78 Å². The molecule has 2 heterocycles. The van der Waals surface area contributed by atoms with Gasteiger partial charge in [0.2, 0.25) is 6.79 Å². The van der Waals surface area contributed by atoms with E-state index in [4.69, 9.17) is 9.47 Å². The Bertz CT molecular complexity index is 431. The number of halogens is 2. The van der Waals surface area contributed by atoms with Gasteiger partial charge >= 0.3 is 0 Å². The molecule has 0 aliphatic carbocycles. The molecular formula is C12H13F2NO2. The van der Waals surface area contributed by atoms with E-state index in [0.29, 0.717) is 17.1 Å². The summed E-state index contributed by atoms with van der Waals surface area (Å²) in [5.74, 6) is 0.986. The van der Waals surface area contributed by atoms with E-state index >= 15 is 0 Å². The lowest BCUT2D eigenvalue weighted by atomic mass is 9.98. The second-order valence-corrected chi connectivity index (χ2v) is 4.28. The number of benzene rings is 1. The van der Waals surface area contributed by atoms with Crippen LogP contribution in [0.4, 0.5) is 8.78 Å². The Hall–Kier alpha value is -1.36. The lowest BCUT2D eigenvalue weighted by Crippen LogP contribution is -2.14. The first-order valence-corrected chi connectivity index (χ1v) is 5.70. The molecule has 2 aliphatic heterocycles. The van der Waals surface area contributed by atoms with Crippen LogP contribution >= 0.6 is 0 Å². The standard InChI is InChI=1S/C12H13F2NO2/c13-12(14)8-5-11-10(16-6-17-11)4-7(8)9-2-1-3-15-9/h4-5,9,12,15H,1-3,6H2. The summed E-state index contributed by atoms with van der Waals surface area (Å²) in [6, 6.07) is 3.10. The molecule has 1 fully saturated rings. The van der Waals surface area contributed by atoms with Crippen molar-refractivity contribution in [1.29, 1.82) is 0 Å². The molecule has 0 radical (unpaired) electrons. The summed E-state index contributed by atoms with van der Waals surface area (Å²) >= 11 is 0. The van der Waals surface area contributed by atoms with Crippen LogP contribution in [0, 0.1) is 0 Å². The third-order valence-electron chi connectivity index (χ3n) is 3.25. The highest BCUT2D eigenvalue weighted by Gasteiger charge is 2.27. The maximum Gasteiger partial charge on any atom is 0.264 e. The van der Waals surface area contributed by atoms with Crippen LogP contribution in [0.1, 0.15) is 36.4 Å². The second-order valence-electron chi connectivity index (χ2n) is 4.28. The number of fused-ring (bicyclic) bond motifs is 1. The van der Waals surface area contributed by atoms with E-state index in [2.05, 4.69) is 5.32 Å². The number of nitrogens with one attached hydrogen (secondary N) is 1. The van der Waals surface area contributed by atoms with Crippen molar-refractivity contribution in [1.82, 2.24) is 5.32 Å². The molecule has 0 bridgehead atoms. The molecule has 0 amide bonds. The summed E-state index contributed by atoms with van der Waals surface area (Å²) in [5, 5.41) is 3.23. The fourth-order valence-corrected chi connectivity index (χ4v) is 2.41. The highest BCUT2D eigenvalue weighted by molar-refractivity contribution is 5.50. The molecule has 3 rings (SSSR count). The summed E-state index contributed by atoms with van der Waals surface area (Å²) in [6.45, 7) is 0.987. The van der Waals surface area contributed by atoms with Crippen molar-refractivity contribution < 1.29 is 18.3 Å². The highest BCUT2D eigenvalue weighted by Crippen LogP contribution is 2.41. The Morgan fingerprint density at radius 3 is 2.65 bits per heavy atom. The van der Waals surface area contributed by atoms with Crippen molar-refractivity contribution in [2.24, 2.45) is 0 Å². The van der Waals surface area contributed by atoms with Crippen LogP contribution in [0.3, 0.4) is 0 Å². The van der Waals surface area contributed by atoms with Gasteiger partial charge in [0.15, 0.2) is 11.5 Å². The molecule has 0 saturated carbocycles. The second kappa shape index (κ2) is 4.14. The van der Waals surface area contributed by atoms with Gasteiger partial charge in [0.1, 0.15) is 0 Å². The molecule has 2 aliphatic rings. The smallest absolute Gasteiger partial charge is 0.264 e. The summed E-state index contributed by atoms with van der Waals surface area (Å²) in [5.41, 5.74) is 0.690. The van der Waals surface area contributed by atoms with Crippen LogP contribution in [0.25, 0.3) is 0 Å². The first-order chi connectivity index (χ1) is 8.25. The van der Waals surface area contributed by atoms with Gasteiger partial charge in [0.25, 0.3) is 6.43 Å². The van der Waals surface area contributed by atoms with Gasteiger partial charge < -0.3 is 14.8 Å². The molecule has 1 saturated heterocycles. The van der Waals surface area contributed by atoms with Gasteiger partial charge in [-0.15, -0.1) is 0 Å². The van der Waals surface area contributed by atoms with Crippen LogP contribution in [0.2, 0.25) is 0 Å².